The molecule has 0 spiro atoms. The quantitative estimate of drug-likeness (QED) is 0.852. The van der Waals surface area contributed by atoms with Crippen LogP contribution in [0.25, 0.3) is 0 Å². The Morgan fingerprint density at radius 3 is 2.76 bits per heavy atom. The average molecular weight is 288 g/mol. The van der Waals surface area contributed by atoms with Crippen molar-refractivity contribution in [2.24, 2.45) is 0 Å². The number of anilines is 2. The number of nitrogens with zero attached hydrogens (tertiary/aromatic N) is 2. The molecule has 0 aliphatic rings. The van der Waals surface area contributed by atoms with Gasteiger partial charge in [-0.2, -0.15) is 0 Å². The second kappa shape index (κ2) is 6.88. The Hall–Kier alpha value is -2.37. The number of carbonyl (C=O) groups excluding carboxylic acids is 1. The number of carbonyl (C=O) groups is 1. The summed E-state index contributed by atoms with van der Waals surface area (Å²) < 4.78 is 4.70. The van der Waals surface area contributed by atoms with E-state index in [1.807, 2.05) is 13.8 Å². The van der Waals surface area contributed by atoms with E-state index in [1.54, 1.807) is 18.2 Å². The summed E-state index contributed by atoms with van der Waals surface area (Å²) in [6.07, 6.45) is 2.41. The molecule has 6 nitrogen and oxygen atoms in total. The molecule has 0 radical (unpaired) electrons. The lowest BCUT2D eigenvalue weighted by atomic mass is 10.1. The monoisotopic (exact) mass is 288 g/mol. The zero-order chi connectivity index (χ0) is 15.2. The fourth-order valence-electron chi connectivity index (χ4n) is 1.79. The smallest absolute Gasteiger partial charge is 0.257 e. The summed E-state index contributed by atoms with van der Waals surface area (Å²) in [7, 11) is 0. The van der Waals surface area contributed by atoms with E-state index < -0.39 is 0 Å². The van der Waals surface area contributed by atoms with Gasteiger partial charge < -0.3 is 15.2 Å². The molecular formula is C15H20N4O2. The molecule has 0 aliphatic heterocycles. The number of pyridine rings is 1. The molecule has 0 aromatic carbocycles. The lowest BCUT2D eigenvalue weighted by Crippen LogP contribution is -2.14. The third kappa shape index (κ3) is 4.05. The van der Waals surface area contributed by atoms with Gasteiger partial charge in [0.25, 0.3) is 5.91 Å². The SMILES string of the molecule is CCCNc1cc(C(=O)Nc2ccon2)cc(C(C)C)n1. The summed E-state index contributed by atoms with van der Waals surface area (Å²) in [5.41, 5.74) is 1.43. The summed E-state index contributed by atoms with van der Waals surface area (Å²) in [6.45, 7) is 6.99. The van der Waals surface area contributed by atoms with Crippen LogP contribution >= 0.6 is 0 Å². The molecule has 2 rings (SSSR count). The highest BCUT2D eigenvalue weighted by molar-refractivity contribution is 6.04. The molecule has 2 heterocycles. The van der Waals surface area contributed by atoms with E-state index in [0.717, 1.165) is 18.7 Å². The van der Waals surface area contributed by atoms with Crippen molar-refractivity contribution in [3.8, 4) is 0 Å². The van der Waals surface area contributed by atoms with E-state index in [-0.39, 0.29) is 11.8 Å². The molecular weight excluding hydrogens is 268 g/mol. The molecule has 21 heavy (non-hydrogen) atoms. The van der Waals surface area contributed by atoms with Gasteiger partial charge in [-0.3, -0.25) is 4.79 Å². The second-order valence-corrected chi connectivity index (χ2v) is 5.09. The van der Waals surface area contributed by atoms with Crippen LogP contribution in [0.1, 0.15) is 49.2 Å². The van der Waals surface area contributed by atoms with Gasteiger partial charge in [0.15, 0.2) is 5.82 Å². The number of amides is 1. The van der Waals surface area contributed by atoms with Crippen molar-refractivity contribution in [3.05, 3.63) is 35.7 Å². The van der Waals surface area contributed by atoms with Gasteiger partial charge in [-0.05, 0) is 24.5 Å². The van der Waals surface area contributed by atoms with E-state index in [0.29, 0.717) is 17.2 Å². The molecule has 6 heteroatoms. The van der Waals surface area contributed by atoms with Crippen LogP contribution in [-0.2, 0) is 0 Å². The summed E-state index contributed by atoms with van der Waals surface area (Å²) in [6, 6.07) is 5.15. The van der Waals surface area contributed by atoms with Gasteiger partial charge in [-0.15, -0.1) is 0 Å². The molecule has 0 saturated carbocycles. The van der Waals surface area contributed by atoms with Crippen LogP contribution in [0.15, 0.2) is 29.0 Å². The Labute approximate surface area is 123 Å². The minimum atomic E-state index is -0.229. The third-order valence-corrected chi connectivity index (χ3v) is 2.93. The normalized spacial score (nSPS) is 10.7. The maximum atomic E-state index is 12.3. The van der Waals surface area contributed by atoms with Crippen molar-refractivity contribution in [2.45, 2.75) is 33.1 Å². The highest BCUT2D eigenvalue weighted by Gasteiger charge is 2.13. The van der Waals surface area contributed by atoms with Gasteiger partial charge in [0.1, 0.15) is 12.1 Å². The van der Waals surface area contributed by atoms with E-state index in [1.165, 1.54) is 6.26 Å². The number of aromatic nitrogens is 2. The van der Waals surface area contributed by atoms with Gasteiger partial charge in [0.2, 0.25) is 0 Å². The molecule has 0 unspecified atom stereocenters. The summed E-state index contributed by atoms with van der Waals surface area (Å²) in [5, 5.41) is 9.58. The van der Waals surface area contributed by atoms with Gasteiger partial charge in [-0.1, -0.05) is 25.9 Å². The summed E-state index contributed by atoms with van der Waals surface area (Å²) in [4.78, 5) is 16.8. The molecule has 0 atom stereocenters. The molecule has 2 aromatic heterocycles. The Balaban J connectivity index is 2.23. The first-order valence-corrected chi connectivity index (χ1v) is 7.07. The first-order chi connectivity index (χ1) is 10.1. The predicted octanol–water partition coefficient (Wildman–Crippen LogP) is 3.27. The van der Waals surface area contributed by atoms with E-state index >= 15 is 0 Å². The topological polar surface area (TPSA) is 80.0 Å². The first kappa shape index (κ1) is 15.0. The minimum absolute atomic E-state index is 0.229. The van der Waals surface area contributed by atoms with Crippen LogP contribution in [0.2, 0.25) is 0 Å². The Morgan fingerprint density at radius 2 is 2.14 bits per heavy atom. The van der Waals surface area contributed by atoms with Gasteiger partial charge in [0.05, 0.1) is 0 Å². The van der Waals surface area contributed by atoms with Crippen LogP contribution in [0.4, 0.5) is 11.6 Å². The lowest BCUT2D eigenvalue weighted by Gasteiger charge is -2.12. The highest BCUT2D eigenvalue weighted by Crippen LogP contribution is 2.18. The minimum Gasteiger partial charge on any atom is -0.370 e. The van der Waals surface area contributed by atoms with E-state index in [9.17, 15) is 4.79 Å². The van der Waals surface area contributed by atoms with Crippen LogP contribution in [0.3, 0.4) is 0 Å². The Kier molecular flexibility index (Phi) is 4.92. The van der Waals surface area contributed by atoms with E-state index in [2.05, 4.69) is 27.7 Å². The molecule has 2 aromatic rings. The van der Waals surface area contributed by atoms with Crippen LogP contribution in [0.5, 0.6) is 0 Å². The van der Waals surface area contributed by atoms with Gasteiger partial charge in [0, 0.05) is 23.9 Å². The number of hydrogen-bond donors (Lipinski definition) is 2. The van der Waals surface area contributed by atoms with Crippen molar-refractivity contribution in [1.29, 1.82) is 0 Å². The summed E-state index contributed by atoms with van der Waals surface area (Å²) in [5.74, 6) is 1.12. The summed E-state index contributed by atoms with van der Waals surface area (Å²) >= 11 is 0. The average Bonchev–Trinajstić information content (AvgIpc) is 2.97. The fraction of sp³-hybridized carbons (Fsp3) is 0.400. The zero-order valence-electron chi connectivity index (χ0n) is 12.5. The number of hydrogen-bond acceptors (Lipinski definition) is 5. The molecule has 112 valence electrons. The maximum absolute atomic E-state index is 12.3. The van der Waals surface area contributed by atoms with Crippen molar-refractivity contribution >= 4 is 17.5 Å². The largest absolute Gasteiger partial charge is 0.370 e. The maximum Gasteiger partial charge on any atom is 0.257 e. The number of nitrogens with one attached hydrogen (secondary N) is 2. The molecule has 0 fully saturated rings. The van der Waals surface area contributed by atoms with Crippen molar-refractivity contribution in [1.82, 2.24) is 10.1 Å². The fourth-order valence-corrected chi connectivity index (χ4v) is 1.79. The van der Waals surface area contributed by atoms with E-state index in [4.69, 9.17) is 4.52 Å². The van der Waals surface area contributed by atoms with Crippen molar-refractivity contribution in [2.75, 3.05) is 17.2 Å². The first-order valence-electron chi connectivity index (χ1n) is 7.07. The standard InChI is InChI=1S/C15H20N4O2/c1-4-6-16-14-9-11(8-12(17-14)10(2)3)15(20)18-13-5-7-21-19-13/h5,7-10H,4,6H2,1-3H3,(H,16,17)(H,18,19,20). The molecule has 0 saturated heterocycles. The Morgan fingerprint density at radius 1 is 1.33 bits per heavy atom. The Bertz CT molecular complexity index is 594. The lowest BCUT2D eigenvalue weighted by molar-refractivity contribution is 0.102. The van der Waals surface area contributed by atoms with Crippen molar-refractivity contribution in [3.63, 3.8) is 0 Å². The second-order valence-electron chi connectivity index (χ2n) is 5.09. The highest BCUT2D eigenvalue weighted by atomic mass is 16.5. The molecule has 2 N–H and O–H groups in total. The van der Waals surface area contributed by atoms with Crippen LogP contribution < -0.4 is 10.6 Å². The van der Waals surface area contributed by atoms with Crippen LogP contribution in [0, 0.1) is 0 Å². The third-order valence-electron chi connectivity index (χ3n) is 2.93. The van der Waals surface area contributed by atoms with Crippen LogP contribution in [-0.4, -0.2) is 22.6 Å². The number of rotatable bonds is 6. The molecule has 0 aliphatic carbocycles. The predicted molar refractivity (Wildman–Crippen MR) is 81.6 cm³/mol. The van der Waals surface area contributed by atoms with Crippen molar-refractivity contribution < 1.29 is 9.32 Å². The molecule has 0 bridgehead atoms. The molecule has 1 amide bonds. The van der Waals surface area contributed by atoms with Gasteiger partial charge in [-0.25, -0.2) is 4.98 Å². The zero-order valence-corrected chi connectivity index (χ0v) is 12.5. The van der Waals surface area contributed by atoms with Gasteiger partial charge >= 0.3 is 0 Å².